The summed E-state index contributed by atoms with van der Waals surface area (Å²) in [7, 11) is 0. The van der Waals surface area contributed by atoms with Gasteiger partial charge in [-0.15, -0.1) is 0 Å². The first kappa shape index (κ1) is 11.5. The van der Waals surface area contributed by atoms with Gasteiger partial charge in [-0.2, -0.15) is 0 Å². The highest BCUT2D eigenvalue weighted by Gasteiger charge is 1.94. The van der Waals surface area contributed by atoms with Gasteiger partial charge in [-0.1, -0.05) is 24.3 Å². The number of esters is 1. The van der Waals surface area contributed by atoms with Crippen LogP contribution in [0.15, 0.2) is 30.3 Å². The highest BCUT2D eigenvalue weighted by molar-refractivity contribution is 5.86. The van der Waals surface area contributed by atoms with Gasteiger partial charge < -0.3 is 10.5 Å². The van der Waals surface area contributed by atoms with Crippen LogP contribution in [0, 0.1) is 0 Å². The van der Waals surface area contributed by atoms with Gasteiger partial charge in [0.2, 0.25) is 0 Å². The number of benzene rings is 1. The van der Waals surface area contributed by atoms with E-state index in [2.05, 4.69) is 0 Å². The van der Waals surface area contributed by atoms with Crippen molar-refractivity contribution in [2.45, 2.75) is 13.5 Å². The first-order valence-electron chi connectivity index (χ1n) is 4.90. The lowest BCUT2D eigenvalue weighted by atomic mass is 10.1. The largest absolute Gasteiger partial charge is 0.463 e. The molecular weight excluding hydrogens is 190 g/mol. The highest BCUT2D eigenvalue weighted by atomic mass is 16.5. The Morgan fingerprint density at radius 1 is 1.40 bits per heavy atom. The number of hydrogen-bond donors (Lipinski definition) is 1. The normalized spacial score (nSPS) is 10.5. The zero-order valence-corrected chi connectivity index (χ0v) is 8.77. The smallest absolute Gasteiger partial charge is 0.330 e. The van der Waals surface area contributed by atoms with E-state index in [0.29, 0.717) is 13.2 Å². The van der Waals surface area contributed by atoms with Crippen LogP contribution in [0.1, 0.15) is 18.1 Å². The molecule has 0 amide bonds. The summed E-state index contributed by atoms with van der Waals surface area (Å²) >= 11 is 0. The van der Waals surface area contributed by atoms with Crippen molar-refractivity contribution in [3.63, 3.8) is 0 Å². The molecule has 15 heavy (non-hydrogen) atoms. The number of rotatable bonds is 4. The van der Waals surface area contributed by atoms with Gasteiger partial charge in [0.05, 0.1) is 6.61 Å². The maximum Gasteiger partial charge on any atom is 0.330 e. The van der Waals surface area contributed by atoms with Crippen LogP contribution >= 0.6 is 0 Å². The van der Waals surface area contributed by atoms with Gasteiger partial charge in [0, 0.05) is 12.6 Å². The van der Waals surface area contributed by atoms with Gasteiger partial charge >= 0.3 is 5.97 Å². The summed E-state index contributed by atoms with van der Waals surface area (Å²) in [5.41, 5.74) is 7.50. The fourth-order valence-corrected chi connectivity index (χ4v) is 1.12. The van der Waals surface area contributed by atoms with Crippen molar-refractivity contribution in [3.8, 4) is 0 Å². The molecule has 80 valence electrons. The molecule has 1 aromatic rings. The van der Waals surface area contributed by atoms with Crippen LogP contribution in [0.2, 0.25) is 0 Å². The van der Waals surface area contributed by atoms with Crippen molar-refractivity contribution >= 4 is 12.0 Å². The Balaban J connectivity index is 2.60. The van der Waals surface area contributed by atoms with E-state index in [1.165, 1.54) is 6.08 Å². The molecule has 0 atom stereocenters. The van der Waals surface area contributed by atoms with Crippen LogP contribution in [0.4, 0.5) is 0 Å². The number of ether oxygens (including phenoxy) is 1. The van der Waals surface area contributed by atoms with E-state index in [9.17, 15) is 4.79 Å². The Morgan fingerprint density at radius 2 is 2.07 bits per heavy atom. The molecule has 0 aliphatic carbocycles. The van der Waals surface area contributed by atoms with Crippen molar-refractivity contribution in [1.82, 2.24) is 0 Å². The van der Waals surface area contributed by atoms with Gasteiger partial charge in [0.15, 0.2) is 0 Å². The van der Waals surface area contributed by atoms with Crippen LogP contribution in [0.3, 0.4) is 0 Å². The molecule has 0 bridgehead atoms. The van der Waals surface area contributed by atoms with Crippen molar-refractivity contribution in [3.05, 3.63) is 41.5 Å². The fraction of sp³-hybridized carbons (Fsp3) is 0.250. The lowest BCUT2D eigenvalue weighted by molar-refractivity contribution is -0.137. The quantitative estimate of drug-likeness (QED) is 0.601. The van der Waals surface area contributed by atoms with Crippen LogP contribution < -0.4 is 5.73 Å². The van der Waals surface area contributed by atoms with Crippen molar-refractivity contribution in [2.24, 2.45) is 5.73 Å². The Labute approximate surface area is 89.5 Å². The van der Waals surface area contributed by atoms with Crippen molar-refractivity contribution in [2.75, 3.05) is 6.61 Å². The van der Waals surface area contributed by atoms with Gasteiger partial charge in [0.25, 0.3) is 0 Å². The standard InChI is InChI=1S/C12H15NO2/c1-2-15-12(14)8-7-10-3-5-11(9-13)6-4-10/h3-8H,2,9,13H2,1H3. The van der Waals surface area contributed by atoms with E-state index >= 15 is 0 Å². The van der Waals surface area contributed by atoms with E-state index in [0.717, 1.165) is 11.1 Å². The molecule has 3 heteroatoms. The number of hydrogen-bond acceptors (Lipinski definition) is 3. The number of carbonyl (C=O) groups is 1. The molecule has 0 aromatic heterocycles. The van der Waals surface area contributed by atoms with Gasteiger partial charge in [-0.25, -0.2) is 4.79 Å². The van der Waals surface area contributed by atoms with Crippen molar-refractivity contribution < 1.29 is 9.53 Å². The van der Waals surface area contributed by atoms with E-state index in [-0.39, 0.29) is 5.97 Å². The first-order valence-corrected chi connectivity index (χ1v) is 4.90. The predicted molar refractivity (Wildman–Crippen MR) is 60.0 cm³/mol. The molecule has 0 radical (unpaired) electrons. The molecule has 0 saturated heterocycles. The third-order valence-corrected chi connectivity index (χ3v) is 1.91. The summed E-state index contributed by atoms with van der Waals surface area (Å²) in [6.45, 7) is 2.71. The van der Waals surface area contributed by atoms with Crippen LogP contribution in [-0.4, -0.2) is 12.6 Å². The molecule has 2 N–H and O–H groups in total. The number of nitrogens with two attached hydrogens (primary N) is 1. The minimum atomic E-state index is -0.319. The second-order valence-electron chi connectivity index (χ2n) is 3.03. The van der Waals surface area contributed by atoms with Gasteiger partial charge in [-0.05, 0) is 24.1 Å². The molecule has 1 rings (SSSR count). The Hall–Kier alpha value is -1.61. The molecule has 0 fully saturated rings. The SMILES string of the molecule is CCOC(=O)C=Cc1ccc(CN)cc1. The Morgan fingerprint density at radius 3 is 2.60 bits per heavy atom. The zero-order valence-electron chi connectivity index (χ0n) is 8.77. The van der Waals surface area contributed by atoms with Crippen LogP contribution in [-0.2, 0) is 16.1 Å². The topological polar surface area (TPSA) is 52.3 Å². The fourth-order valence-electron chi connectivity index (χ4n) is 1.12. The molecule has 0 aliphatic heterocycles. The van der Waals surface area contributed by atoms with Gasteiger partial charge in [-0.3, -0.25) is 0 Å². The monoisotopic (exact) mass is 205 g/mol. The molecule has 0 aliphatic rings. The lowest BCUT2D eigenvalue weighted by Crippen LogP contribution is -1.98. The lowest BCUT2D eigenvalue weighted by Gasteiger charge is -1.97. The van der Waals surface area contributed by atoms with E-state index in [1.54, 1.807) is 13.0 Å². The van der Waals surface area contributed by atoms with E-state index in [4.69, 9.17) is 10.5 Å². The second-order valence-corrected chi connectivity index (χ2v) is 3.03. The second kappa shape index (κ2) is 5.98. The van der Waals surface area contributed by atoms with E-state index < -0.39 is 0 Å². The highest BCUT2D eigenvalue weighted by Crippen LogP contribution is 2.05. The third-order valence-electron chi connectivity index (χ3n) is 1.91. The summed E-state index contributed by atoms with van der Waals surface area (Å²) < 4.78 is 4.76. The molecule has 0 heterocycles. The average Bonchev–Trinajstić information content (AvgIpc) is 2.27. The molecule has 0 saturated carbocycles. The maximum atomic E-state index is 11.0. The summed E-state index contributed by atoms with van der Waals surface area (Å²) in [6.07, 6.45) is 3.14. The summed E-state index contributed by atoms with van der Waals surface area (Å²) in [5, 5.41) is 0. The molecular formula is C12H15NO2. The summed E-state index contributed by atoms with van der Waals surface area (Å²) in [6, 6.07) is 7.70. The average molecular weight is 205 g/mol. The molecule has 0 spiro atoms. The predicted octanol–water partition coefficient (Wildman–Crippen LogP) is 1.72. The number of carbonyl (C=O) groups excluding carboxylic acids is 1. The first-order chi connectivity index (χ1) is 7.26. The van der Waals surface area contributed by atoms with Crippen molar-refractivity contribution in [1.29, 1.82) is 0 Å². The minimum absolute atomic E-state index is 0.319. The summed E-state index contributed by atoms with van der Waals surface area (Å²) in [5.74, 6) is -0.319. The molecule has 1 aromatic carbocycles. The van der Waals surface area contributed by atoms with Crippen LogP contribution in [0.25, 0.3) is 6.08 Å². The minimum Gasteiger partial charge on any atom is -0.463 e. The maximum absolute atomic E-state index is 11.0. The summed E-state index contributed by atoms with van der Waals surface area (Å²) in [4.78, 5) is 11.0. The third kappa shape index (κ3) is 3.95. The molecule has 3 nitrogen and oxygen atoms in total. The van der Waals surface area contributed by atoms with Gasteiger partial charge in [0.1, 0.15) is 0 Å². The Kier molecular flexibility index (Phi) is 4.57. The Bertz CT molecular complexity index is 341. The zero-order chi connectivity index (χ0) is 11.1. The van der Waals surface area contributed by atoms with E-state index in [1.807, 2.05) is 24.3 Å². The van der Waals surface area contributed by atoms with Crippen LogP contribution in [0.5, 0.6) is 0 Å². The molecule has 0 unspecified atom stereocenters.